The van der Waals surface area contributed by atoms with Crippen molar-refractivity contribution in [2.75, 3.05) is 23.1 Å². The van der Waals surface area contributed by atoms with Crippen LogP contribution in [0.3, 0.4) is 0 Å². The van der Waals surface area contributed by atoms with Crippen molar-refractivity contribution in [2.24, 2.45) is 0 Å². The van der Waals surface area contributed by atoms with Gasteiger partial charge in [-0.15, -0.1) is 0 Å². The van der Waals surface area contributed by atoms with Gasteiger partial charge in [0, 0.05) is 22.7 Å². The van der Waals surface area contributed by atoms with Gasteiger partial charge in [-0.25, -0.2) is 0 Å². The van der Waals surface area contributed by atoms with E-state index in [4.69, 9.17) is 17.3 Å². The molecule has 1 rings (SSSR count). The van der Waals surface area contributed by atoms with E-state index in [0.717, 1.165) is 0 Å². The molecule has 1 aromatic carbocycles. The summed E-state index contributed by atoms with van der Waals surface area (Å²) in [5.41, 5.74) is 6.50. The molecule has 1 unspecified atom stereocenters. The molecule has 1 aromatic rings. The number of benzene rings is 1. The molecule has 0 aliphatic heterocycles. The topological polar surface area (TPSA) is 72.2 Å². The summed E-state index contributed by atoms with van der Waals surface area (Å²) in [6.07, 6.45) is 1.47. The standard InChI is InChI=1S/C9H11ClN2O2S/c1-15(14)5-9(13)12-6-2-3-7(10)8(11)4-6/h2-4H,5,11H2,1H3,(H,12,13). The van der Waals surface area contributed by atoms with Gasteiger partial charge in [-0.05, 0) is 18.2 Å². The van der Waals surface area contributed by atoms with Gasteiger partial charge in [0.05, 0.1) is 10.7 Å². The fourth-order valence-electron chi connectivity index (χ4n) is 1.00. The van der Waals surface area contributed by atoms with Crippen molar-refractivity contribution >= 4 is 39.7 Å². The van der Waals surface area contributed by atoms with Crippen LogP contribution >= 0.6 is 11.6 Å². The number of rotatable bonds is 3. The average Bonchev–Trinajstić information content (AvgIpc) is 2.10. The van der Waals surface area contributed by atoms with Crippen LogP contribution in [0.1, 0.15) is 0 Å². The minimum Gasteiger partial charge on any atom is -0.397 e. The minimum absolute atomic E-state index is 0.0253. The molecule has 0 aliphatic carbocycles. The number of anilines is 2. The zero-order chi connectivity index (χ0) is 11.4. The van der Waals surface area contributed by atoms with Crippen LogP contribution in [0, 0.1) is 0 Å². The highest BCUT2D eigenvalue weighted by Gasteiger charge is 2.05. The zero-order valence-corrected chi connectivity index (χ0v) is 9.69. The lowest BCUT2D eigenvalue weighted by molar-refractivity contribution is -0.113. The van der Waals surface area contributed by atoms with E-state index in [9.17, 15) is 9.00 Å². The molecule has 1 amide bonds. The predicted octanol–water partition coefficient (Wildman–Crippen LogP) is 1.24. The van der Waals surface area contributed by atoms with Gasteiger partial charge in [-0.2, -0.15) is 0 Å². The summed E-state index contributed by atoms with van der Waals surface area (Å²) in [5, 5.41) is 3.01. The van der Waals surface area contributed by atoms with Crippen molar-refractivity contribution in [2.45, 2.75) is 0 Å². The second-order valence-electron chi connectivity index (χ2n) is 3.00. The molecule has 0 aromatic heterocycles. The van der Waals surface area contributed by atoms with Gasteiger partial charge in [-0.3, -0.25) is 9.00 Å². The Morgan fingerprint density at radius 2 is 2.27 bits per heavy atom. The molecule has 0 bridgehead atoms. The largest absolute Gasteiger partial charge is 0.397 e. The maximum absolute atomic E-state index is 11.2. The number of amides is 1. The molecule has 0 fully saturated rings. The Kier molecular flexibility index (Phi) is 4.11. The fraction of sp³-hybridized carbons (Fsp3) is 0.222. The summed E-state index contributed by atoms with van der Waals surface area (Å²) < 4.78 is 10.8. The first kappa shape index (κ1) is 12.0. The molecule has 3 N–H and O–H groups in total. The molecule has 0 heterocycles. The van der Waals surface area contributed by atoms with Crippen molar-refractivity contribution < 1.29 is 9.00 Å². The third-order valence-corrected chi connectivity index (χ3v) is 2.63. The Balaban J connectivity index is 2.69. The second kappa shape index (κ2) is 5.14. The van der Waals surface area contributed by atoms with Crippen LogP contribution in [0.2, 0.25) is 5.02 Å². The average molecular weight is 247 g/mol. The van der Waals surface area contributed by atoms with E-state index in [2.05, 4.69) is 5.32 Å². The molecule has 0 saturated carbocycles. The summed E-state index contributed by atoms with van der Waals surface area (Å²) >= 11 is 5.72. The summed E-state index contributed by atoms with van der Waals surface area (Å²) in [7, 11) is -1.15. The molecular formula is C9H11ClN2O2S. The number of nitrogens with two attached hydrogens (primary N) is 1. The Morgan fingerprint density at radius 3 is 2.80 bits per heavy atom. The first-order valence-corrected chi connectivity index (χ1v) is 6.24. The van der Waals surface area contributed by atoms with Gasteiger partial charge in [-0.1, -0.05) is 11.6 Å². The van der Waals surface area contributed by atoms with Crippen molar-refractivity contribution in [3.63, 3.8) is 0 Å². The van der Waals surface area contributed by atoms with E-state index in [1.54, 1.807) is 18.2 Å². The van der Waals surface area contributed by atoms with Crippen LogP contribution in [0.4, 0.5) is 11.4 Å². The molecule has 0 saturated heterocycles. The zero-order valence-electron chi connectivity index (χ0n) is 8.12. The predicted molar refractivity (Wildman–Crippen MR) is 63.4 cm³/mol. The summed E-state index contributed by atoms with van der Waals surface area (Å²) in [6.45, 7) is 0. The number of carbonyl (C=O) groups excluding carboxylic acids is 1. The number of hydrogen-bond donors (Lipinski definition) is 2. The van der Waals surface area contributed by atoms with Crippen molar-refractivity contribution in [1.82, 2.24) is 0 Å². The number of hydrogen-bond acceptors (Lipinski definition) is 3. The van der Waals surface area contributed by atoms with E-state index in [1.165, 1.54) is 6.26 Å². The number of nitrogens with one attached hydrogen (secondary N) is 1. The summed E-state index contributed by atoms with van der Waals surface area (Å²) in [4.78, 5) is 11.2. The maximum atomic E-state index is 11.2. The molecule has 6 heteroatoms. The Labute approximate surface area is 95.3 Å². The quantitative estimate of drug-likeness (QED) is 0.789. The fourth-order valence-corrected chi connectivity index (χ4v) is 1.56. The van der Waals surface area contributed by atoms with Crippen molar-refractivity contribution in [3.05, 3.63) is 23.2 Å². The normalized spacial score (nSPS) is 12.1. The number of nitrogen functional groups attached to an aromatic ring is 1. The first-order valence-electron chi connectivity index (χ1n) is 4.14. The molecule has 1 atom stereocenters. The highest BCUT2D eigenvalue weighted by Crippen LogP contribution is 2.22. The van der Waals surface area contributed by atoms with E-state index in [0.29, 0.717) is 16.4 Å². The SMILES string of the molecule is CS(=O)CC(=O)Nc1ccc(Cl)c(N)c1. The third-order valence-electron chi connectivity index (χ3n) is 1.61. The molecular weight excluding hydrogens is 236 g/mol. The Hall–Kier alpha value is -1.07. The maximum Gasteiger partial charge on any atom is 0.236 e. The van der Waals surface area contributed by atoms with Crippen LogP contribution in [-0.4, -0.2) is 22.1 Å². The Morgan fingerprint density at radius 1 is 1.60 bits per heavy atom. The van der Waals surface area contributed by atoms with E-state index >= 15 is 0 Å². The van der Waals surface area contributed by atoms with E-state index in [-0.39, 0.29) is 11.7 Å². The molecule has 4 nitrogen and oxygen atoms in total. The lowest BCUT2D eigenvalue weighted by atomic mass is 10.3. The lowest BCUT2D eigenvalue weighted by Gasteiger charge is -2.05. The third kappa shape index (κ3) is 3.89. The van der Waals surface area contributed by atoms with Crippen LogP contribution in [-0.2, 0) is 15.6 Å². The van der Waals surface area contributed by atoms with Crippen LogP contribution in [0.5, 0.6) is 0 Å². The van der Waals surface area contributed by atoms with Crippen molar-refractivity contribution in [3.8, 4) is 0 Å². The molecule has 82 valence electrons. The smallest absolute Gasteiger partial charge is 0.236 e. The van der Waals surface area contributed by atoms with Gasteiger partial charge in [0.25, 0.3) is 0 Å². The van der Waals surface area contributed by atoms with Gasteiger partial charge in [0.1, 0.15) is 5.75 Å². The van der Waals surface area contributed by atoms with E-state index < -0.39 is 10.8 Å². The summed E-state index contributed by atoms with van der Waals surface area (Å²) in [5.74, 6) is -0.333. The van der Waals surface area contributed by atoms with Gasteiger partial charge >= 0.3 is 0 Å². The Bertz CT molecular complexity index is 409. The number of carbonyl (C=O) groups is 1. The van der Waals surface area contributed by atoms with Crippen LogP contribution < -0.4 is 11.1 Å². The molecule has 0 radical (unpaired) electrons. The van der Waals surface area contributed by atoms with Gasteiger partial charge in [0.15, 0.2) is 0 Å². The molecule has 0 spiro atoms. The van der Waals surface area contributed by atoms with Gasteiger partial charge in [0.2, 0.25) is 5.91 Å². The minimum atomic E-state index is -1.15. The molecule has 0 aliphatic rings. The highest BCUT2D eigenvalue weighted by molar-refractivity contribution is 7.85. The number of halogens is 1. The van der Waals surface area contributed by atoms with Crippen LogP contribution in [0.15, 0.2) is 18.2 Å². The highest BCUT2D eigenvalue weighted by atomic mass is 35.5. The summed E-state index contributed by atoms with van der Waals surface area (Å²) in [6, 6.07) is 4.78. The van der Waals surface area contributed by atoms with Crippen molar-refractivity contribution in [1.29, 1.82) is 0 Å². The molecule has 15 heavy (non-hydrogen) atoms. The monoisotopic (exact) mass is 246 g/mol. The van der Waals surface area contributed by atoms with Crippen LogP contribution in [0.25, 0.3) is 0 Å². The second-order valence-corrected chi connectivity index (χ2v) is 4.84. The first-order chi connectivity index (χ1) is 6.99. The van der Waals surface area contributed by atoms with Gasteiger partial charge < -0.3 is 11.1 Å². The lowest BCUT2D eigenvalue weighted by Crippen LogP contribution is -2.18. The van der Waals surface area contributed by atoms with E-state index in [1.807, 2.05) is 0 Å².